The number of aromatic nitrogens is 1. The van der Waals surface area contributed by atoms with Crippen molar-refractivity contribution in [2.75, 3.05) is 18.6 Å². The Bertz CT molecular complexity index is 1160. The van der Waals surface area contributed by atoms with Gasteiger partial charge in [0, 0.05) is 30.1 Å². The van der Waals surface area contributed by atoms with Crippen LogP contribution in [0, 0.1) is 17.1 Å². The quantitative estimate of drug-likeness (QED) is 0.509. The molecule has 1 amide bonds. The number of ether oxygens (including phenoxy) is 2. The number of carbonyl (C=O) groups is 1. The van der Waals surface area contributed by atoms with Crippen LogP contribution >= 0.6 is 0 Å². The topological polar surface area (TPSA) is 67.5 Å². The highest BCUT2D eigenvalue weighted by Gasteiger charge is 2.23. The molecule has 2 aromatic carbocycles. The summed E-state index contributed by atoms with van der Waals surface area (Å²) in [4.78, 5) is 13.3. The zero-order valence-electron chi connectivity index (χ0n) is 18.4. The van der Waals surface area contributed by atoms with Gasteiger partial charge in [-0.1, -0.05) is 0 Å². The summed E-state index contributed by atoms with van der Waals surface area (Å²) in [6.07, 6.45) is -0.624. The first-order valence-electron chi connectivity index (χ1n) is 10.2. The SMILES string of the molecule is CCN(C(=O)OC)c1cc(-c2c(C#N)c3ccc(OC(C)C)cc3n2CC)ccc1F. The van der Waals surface area contributed by atoms with Gasteiger partial charge in [0.15, 0.2) is 0 Å². The molecule has 0 unspecified atom stereocenters. The Balaban J connectivity index is 2.26. The lowest BCUT2D eigenvalue weighted by atomic mass is 10.0. The number of aryl methyl sites for hydroxylation is 1. The van der Waals surface area contributed by atoms with Crippen LogP contribution in [0.25, 0.3) is 22.2 Å². The van der Waals surface area contributed by atoms with E-state index in [0.29, 0.717) is 29.1 Å². The second-order valence-corrected chi connectivity index (χ2v) is 7.31. The average Bonchev–Trinajstić information content (AvgIpc) is 3.07. The van der Waals surface area contributed by atoms with Crippen molar-refractivity contribution < 1.29 is 18.7 Å². The number of nitrogens with zero attached hydrogens (tertiary/aromatic N) is 3. The van der Waals surface area contributed by atoms with Gasteiger partial charge in [-0.3, -0.25) is 4.90 Å². The molecule has 0 N–H and O–H groups in total. The van der Waals surface area contributed by atoms with Gasteiger partial charge in [0.1, 0.15) is 17.6 Å². The number of rotatable bonds is 6. The van der Waals surface area contributed by atoms with Gasteiger partial charge >= 0.3 is 6.09 Å². The van der Waals surface area contributed by atoms with Crippen molar-refractivity contribution in [3.05, 3.63) is 47.8 Å². The molecule has 0 radical (unpaired) electrons. The highest BCUT2D eigenvalue weighted by Crippen LogP contribution is 2.37. The van der Waals surface area contributed by atoms with Crippen LogP contribution in [0.1, 0.15) is 33.3 Å². The van der Waals surface area contributed by atoms with E-state index in [1.807, 2.05) is 43.5 Å². The third-order valence-electron chi connectivity index (χ3n) is 5.06. The summed E-state index contributed by atoms with van der Waals surface area (Å²) in [7, 11) is 1.26. The van der Waals surface area contributed by atoms with Crippen molar-refractivity contribution in [3.8, 4) is 23.1 Å². The fourth-order valence-corrected chi connectivity index (χ4v) is 3.79. The number of methoxy groups -OCH3 is 1. The third-order valence-corrected chi connectivity index (χ3v) is 5.06. The third kappa shape index (κ3) is 4.06. The summed E-state index contributed by atoms with van der Waals surface area (Å²) in [5.74, 6) is 0.176. The lowest BCUT2D eigenvalue weighted by Gasteiger charge is -2.21. The number of anilines is 1. The Kier molecular flexibility index (Phi) is 6.50. The van der Waals surface area contributed by atoms with Gasteiger partial charge in [0.05, 0.1) is 35.7 Å². The summed E-state index contributed by atoms with van der Waals surface area (Å²) in [6.45, 7) is 8.47. The molecule has 0 bridgehead atoms. The molecule has 3 aromatic rings. The maximum atomic E-state index is 14.6. The number of hydrogen-bond acceptors (Lipinski definition) is 4. The number of fused-ring (bicyclic) bond motifs is 1. The summed E-state index contributed by atoms with van der Waals surface area (Å²) in [6, 6.07) is 12.5. The Morgan fingerprint density at radius 2 is 1.97 bits per heavy atom. The number of hydrogen-bond donors (Lipinski definition) is 0. The minimum Gasteiger partial charge on any atom is -0.491 e. The lowest BCUT2D eigenvalue weighted by Crippen LogP contribution is -2.31. The van der Waals surface area contributed by atoms with E-state index < -0.39 is 11.9 Å². The monoisotopic (exact) mass is 423 g/mol. The molecule has 0 aliphatic rings. The number of amides is 1. The summed E-state index contributed by atoms with van der Waals surface area (Å²) >= 11 is 0. The van der Waals surface area contributed by atoms with Crippen LogP contribution in [0.3, 0.4) is 0 Å². The molecule has 0 saturated heterocycles. The lowest BCUT2D eigenvalue weighted by molar-refractivity contribution is 0.179. The summed E-state index contributed by atoms with van der Waals surface area (Å²) in [5, 5.41) is 10.7. The van der Waals surface area contributed by atoms with Gasteiger partial charge in [-0.25, -0.2) is 9.18 Å². The molecule has 6 nitrogen and oxygen atoms in total. The molecule has 3 rings (SSSR count). The fourth-order valence-electron chi connectivity index (χ4n) is 3.79. The first-order chi connectivity index (χ1) is 14.9. The Morgan fingerprint density at radius 1 is 1.23 bits per heavy atom. The van der Waals surface area contributed by atoms with Gasteiger partial charge in [-0.15, -0.1) is 0 Å². The van der Waals surface area contributed by atoms with Crippen LogP contribution in [-0.2, 0) is 11.3 Å². The molecule has 0 fully saturated rings. The zero-order chi connectivity index (χ0) is 22.7. The average molecular weight is 423 g/mol. The van der Waals surface area contributed by atoms with Crippen molar-refractivity contribution in [2.45, 2.75) is 40.3 Å². The van der Waals surface area contributed by atoms with E-state index in [-0.39, 0.29) is 18.3 Å². The Hall–Kier alpha value is -3.53. The molecule has 0 aliphatic carbocycles. The molecule has 31 heavy (non-hydrogen) atoms. The molecular formula is C24H26FN3O3. The first-order valence-corrected chi connectivity index (χ1v) is 10.2. The van der Waals surface area contributed by atoms with Gasteiger partial charge in [0.25, 0.3) is 0 Å². The Morgan fingerprint density at radius 3 is 2.55 bits per heavy atom. The number of carbonyl (C=O) groups excluding carboxylic acids is 1. The molecule has 0 spiro atoms. The number of benzene rings is 2. The maximum absolute atomic E-state index is 14.6. The van der Waals surface area contributed by atoms with Gasteiger partial charge in [0.2, 0.25) is 0 Å². The molecular weight excluding hydrogens is 397 g/mol. The Labute approximate surface area is 181 Å². The smallest absolute Gasteiger partial charge is 0.414 e. The maximum Gasteiger partial charge on any atom is 0.414 e. The van der Waals surface area contributed by atoms with Crippen LogP contribution in [0.2, 0.25) is 0 Å². The first kappa shape index (κ1) is 22.2. The normalized spacial score (nSPS) is 10.9. The van der Waals surface area contributed by atoms with E-state index in [2.05, 4.69) is 6.07 Å². The van der Waals surface area contributed by atoms with Crippen LogP contribution < -0.4 is 9.64 Å². The van der Waals surface area contributed by atoms with Crippen LogP contribution in [0.5, 0.6) is 5.75 Å². The zero-order valence-corrected chi connectivity index (χ0v) is 18.4. The largest absolute Gasteiger partial charge is 0.491 e. The highest BCUT2D eigenvalue weighted by molar-refractivity contribution is 5.96. The molecule has 1 heterocycles. The van der Waals surface area contributed by atoms with Crippen LogP contribution in [0.15, 0.2) is 36.4 Å². The minimum absolute atomic E-state index is 0.0235. The van der Waals surface area contributed by atoms with Gasteiger partial charge in [-0.2, -0.15) is 5.26 Å². The predicted molar refractivity (Wildman–Crippen MR) is 119 cm³/mol. The molecule has 7 heteroatoms. The standard InChI is InChI=1S/C24H26FN3O3/c1-6-27-21-13-17(31-15(3)4)9-10-18(21)19(14-26)23(27)16-8-11-20(25)22(12-16)28(7-2)24(29)30-5/h8-13,15H,6-7H2,1-5H3. The summed E-state index contributed by atoms with van der Waals surface area (Å²) < 4.78 is 27.2. The highest BCUT2D eigenvalue weighted by atomic mass is 19.1. The van der Waals surface area contributed by atoms with Crippen LogP contribution in [-0.4, -0.2) is 30.4 Å². The van der Waals surface area contributed by atoms with E-state index in [1.54, 1.807) is 19.1 Å². The molecule has 1 aromatic heterocycles. The van der Waals surface area contributed by atoms with E-state index in [4.69, 9.17) is 9.47 Å². The second-order valence-electron chi connectivity index (χ2n) is 7.31. The molecule has 0 saturated carbocycles. The van der Waals surface area contributed by atoms with Gasteiger partial charge < -0.3 is 14.0 Å². The van der Waals surface area contributed by atoms with E-state index in [9.17, 15) is 14.4 Å². The van der Waals surface area contributed by atoms with Crippen LogP contribution in [0.4, 0.5) is 14.9 Å². The van der Waals surface area contributed by atoms with Gasteiger partial charge in [-0.05, 0) is 58.0 Å². The van der Waals surface area contributed by atoms with E-state index in [0.717, 1.165) is 10.9 Å². The molecule has 0 atom stereocenters. The molecule has 0 aliphatic heterocycles. The van der Waals surface area contributed by atoms with Crippen molar-refractivity contribution in [2.24, 2.45) is 0 Å². The van der Waals surface area contributed by atoms with E-state index in [1.165, 1.54) is 18.1 Å². The fraction of sp³-hybridized carbons (Fsp3) is 0.333. The van der Waals surface area contributed by atoms with Crippen molar-refractivity contribution in [1.82, 2.24) is 4.57 Å². The molecule has 162 valence electrons. The predicted octanol–water partition coefficient (Wildman–Crippen LogP) is 5.72. The van der Waals surface area contributed by atoms with E-state index >= 15 is 0 Å². The minimum atomic E-state index is -0.648. The van der Waals surface area contributed by atoms with Crippen molar-refractivity contribution in [3.63, 3.8) is 0 Å². The van der Waals surface area contributed by atoms with Crippen molar-refractivity contribution >= 4 is 22.7 Å². The number of halogens is 1. The summed E-state index contributed by atoms with van der Waals surface area (Å²) in [5.41, 5.74) is 2.76. The van der Waals surface area contributed by atoms with Crippen molar-refractivity contribution in [1.29, 1.82) is 5.26 Å². The number of nitriles is 1. The second kappa shape index (κ2) is 9.09.